The van der Waals surface area contributed by atoms with E-state index in [0.29, 0.717) is 12.0 Å². The van der Waals surface area contributed by atoms with Crippen molar-refractivity contribution in [2.45, 2.75) is 12.0 Å². The zero-order valence-electron chi connectivity index (χ0n) is 8.69. The van der Waals surface area contributed by atoms with Crippen molar-refractivity contribution in [1.82, 2.24) is 0 Å². The Morgan fingerprint density at radius 3 is 2.62 bits per heavy atom. The van der Waals surface area contributed by atoms with E-state index in [1.807, 2.05) is 30.4 Å². The minimum atomic E-state index is -0.922. The molecule has 0 saturated carbocycles. The van der Waals surface area contributed by atoms with E-state index >= 15 is 0 Å². The Morgan fingerprint density at radius 1 is 1.31 bits per heavy atom. The van der Waals surface area contributed by atoms with Crippen LogP contribution in [0.15, 0.2) is 53.0 Å². The zero-order chi connectivity index (χ0) is 11.6. The van der Waals surface area contributed by atoms with Crippen LogP contribution >= 0.6 is 15.9 Å². The lowest BCUT2D eigenvalue weighted by molar-refractivity contribution is 0.0921. The van der Waals surface area contributed by atoms with Gasteiger partial charge >= 0.3 is 0 Å². The van der Waals surface area contributed by atoms with Crippen LogP contribution in [0.1, 0.15) is 16.8 Å². The molecule has 1 aliphatic carbocycles. The molecule has 0 saturated heterocycles. The Labute approximate surface area is 103 Å². The van der Waals surface area contributed by atoms with Crippen LogP contribution in [0.2, 0.25) is 0 Å². The number of carbonyl (C=O) groups is 1. The van der Waals surface area contributed by atoms with E-state index < -0.39 is 5.54 Å². The summed E-state index contributed by atoms with van der Waals surface area (Å²) >= 11 is 3.35. The molecule has 1 aliphatic rings. The molecule has 0 aromatic heterocycles. The van der Waals surface area contributed by atoms with E-state index in [-0.39, 0.29) is 5.78 Å². The van der Waals surface area contributed by atoms with E-state index in [0.717, 1.165) is 4.48 Å². The molecule has 3 heteroatoms. The van der Waals surface area contributed by atoms with E-state index in [2.05, 4.69) is 15.9 Å². The SMILES string of the molecule is NC1(C(=O)c2ccccc2)C=C(Br)C=CC1. The van der Waals surface area contributed by atoms with Gasteiger partial charge in [0.1, 0.15) is 5.54 Å². The summed E-state index contributed by atoms with van der Waals surface area (Å²) in [6.07, 6.45) is 6.12. The van der Waals surface area contributed by atoms with Gasteiger partial charge in [0, 0.05) is 10.0 Å². The molecular weight excluding hydrogens is 266 g/mol. The van der Waals surface area contributed by atoms with E-state index in [1.165, 1.54) is 0 Å². The predicted octanol–water partition coefficient (Wildman–Crippen LogP) is 2.81. The number of nitrogens with two attached hydrogens (primary N) is 1. The fraction of sp³-hybridized carbons (Fsp3) is 0.154. The number of rotatable bonds is 2. The number of carbonyl (C=O) groups excluding carboxylic acids is 1. The van der Waals surface area contributed by atoms with E-state index in [9.17, 15) is 4.79 Å². The van der Waals surface area contributed by atoms with Crippen molar-refractivity contribution in [3.05, 3.63) is 58.6 Å². The Bertz CT molecular complexity index is 464. The maximum atomic E-state index is 12.2. The monoisotopic (exact) mass is 277 g/mol. The van der Waals surface area contributed by atoms with Crippen LogP contribution in [-0.4, -0.2) is 11.3 Å². The van der Waals surface area contributed by atoms with E-state index in [4.69, 9.17) is 5.73 Å². The molecule has 2 N–H and O–H groups in total. The van der Waals surface area contributed by atoms with Crippen molar-refractivity contribution in [3.63, 3.8) is 0 Å². The smallest absolute Gasteiger partial charge is 0.186 e. The topological polar surface area (TPSA) is 43.1 Å². The maximum Gasteiger partial charge on any atom is 0.186 e. The lowest BCUT2D eigenvalue weighted by atomic mass is 9.84. The molecule has 0 heterocycles. The van der Waals surface area contributed by atoms with E-state index in [1.54, 1.807) is 18.2 Å². The van der Waals surface area contributed by atoms with Crippen LogP contribution in [0.4, 0.5) is 0 Å². The van der Waals surface area contributed by atoms with Crippen molar-refractivity contribution < 1.29 is 4.79 Å². The number of benzene rings is 1. The van der Waals surface area contributed by atoms with Gasteiger partial charge in [-0.25, -0.2) is 0 Å². The van der Waals surface area contributed by atoms with Gasteiger partial charge in [-0.05, 0) is 12.5 Å². The molecule has 0 amide bonds. The second-order valence-electron chi connectivity index (χ2n) is 3.87. The van der Waals surface area contributed by atoms with Crippen molar-refractivity contribution in [2.75, 3.05) is 0 Å². The van der Waals surface area contributed by atoms with Gasteiger partial charge in [0.2, 0.25) is 0 Å². The minimum absolute atomic E-state index is 0.0469. The Kier molecular flexibility index (Phi) is 3.08. The molecule has 1 atom stereocenters. The summed E-state index contributed by atoms with van der Waals surface area (Å²) in [5.41, 5.74) is 5.85. The van der Waals surface area contributed by atoms with Crippen molar-refractivity contribution in [2.24, 2.45) is 5.73 Å². The highest BCUT2D eigenvalue weighted by Gasteiger charge is 2.32. The first-order valence-electron chi connectivity index (χ1n) is 5.05. The molecule has 2 nitrogen and oxygen atoms in total. The second-order valence-corrected chi connectivity index (χ2v) is 4.79. The van der Waals surface area contributed by atoms with Crippen LogP contribution in [-0.2, 0) is 0 Å². The maximum absolute atomic E-state index is 12.2. The van der Waals surface area contributed by atoms with Crippen molar-refractivity contribution in [1.29, 1.82) is 0 Å². The number of allylic oxidation sites excluding steroid dienone is 2. The lowest BCUT2D eigenvalue weighted by Gasteiger charge is -2.25. The molecule has 0 aliphatic heterocycles. The molecule has 2 rings (SSSR count). The van der Waals surface area contributed by atoms with Gasteiger partial charge in [-0.15, -0.1) is 0 Å². The standard InChI is InChI=1S/C13H12BrNO/c14-11-7-4-8-13(15,9-11)12(16)10-5-2-1-3-6-10/h1-7,9H,8,15H2. The van der Waals surface area contributed by atoms with Crippen molar-refractivity contribution in [3.8, 4) is 0 Å². The quantitative estimate of drug-likeness (QED) is 0.845. The largest absolute Gasteiger partial charge is 0.315 e. The van der Waals surface area contributed by atoms with Gasteiger partial charge in [0.15, 0.2) is 5.78 Å². The average molecular weight is 278 g/mol. The lowest BCUT2D eigenvalue weighted by Crippen LogP contribution is -2.46. The third kappa shape index (κ3) is 2.15. The number of hydrogen-bond donors (Lipinski definition) is 1. The summed E-state index contributed by atoms with van der Waals surface area (Å²) in [4.78, 5) is 12.2. The summed E-state index contributed by atoms with van der Waals surface area (Å²) in [7, 11) is 0. The van der Waals surface area contributed by atoms with Gasteiger partial charge in [0.25, 0.3) is 0 Å². The molecule has 82 valence electrons. The second kappa shape index (κ2) is 4.36. The normalized spacial score (nSPS) is 24.0. The highest BCUT2D eigenvalue weighted by atomic mass is 79.9. The molecule has 0 spiro atoms. The van der Waals surface area contributed by atoms with Gasteiger partial charge in [0.05, 0.1) is 0 Å². The summed E-state index contributed by atoms with van der Waals surface area (Å²) in [5.74, 6) is -0.0469. The highest BCUT2D eigenvalue weighted by Crippen LogP contribution is 2.25. The molecule has 0 fully saturated rings. The Balaban J connectivity index is 2.33. The number of ketones is 1. The fourth-order valence-electron chi connectivity index (χ4n) is 1.74. The Hall–Kier alpha value is -1.19. The van der Waals surface area contributed by atoms with Gasteiger partial charge < -0.3 is 5.73 Å². The van der Waals surface area contributed by atoms with Gasteiger partial charge in [-0.3, -0.25) is 4.79 Å². The molecule has 0 radical (unpaired) electrons. The molecule has 1 aromatic rings. The van der Waals surface area contributed by atoms with Crippen LogP contribution in [0, 0.1) is 0 Å². The number of halogens is 1. The van der Waals surface area contributed by atoms with Gasteiger partial charge in [-0.2, -0.15) is 0 Å². The van der Waals surface area contributed by atoms with Gasteiger partial charge in [-0.1, -0.05) is 58.4 Å². The highest BCUT2D eigenvalue weighted by molar-refractivity contribution is 9.11. The third-order valence-electron chi connectivity index (χ3n) is 2.59. The summed E-state index contributed by atoms with van der Waals surface area (Å²) < 4.78 is 0.852. The average Bonchev–Trinajstić information content (AvgIpc) is 2.29. The fourth-order valence-corrected chi connectivity index (χ4v) is 2.33. The minimum Gasteiger partial charge on any atom is -0.315 e. The van der Waals surface area contributed by atoms with Crippen molar-refractivity contribution >= 4 is 21.7 Å². The van der Waals surface area contributed by atoms with Crippen LogP contribution in [0.25, 0.3) is 0 Å². The predicted molar refractivity (Wildman–Crippen MR) is 68.5 cm³/mol. The molecule has 16 heavy (non-hydrogen) atoms. The zero-order valence-corrected chi connectivity index (χ0v) is 10.3. The Morgan fingerprint density at radius 2 is 2.00 bits per heavy atom. The molecule has 1 aromatic carbocycles. The molecule has 1 unspecified atom stereocenters. The molecular formula is C13H12BrNO. The summed E-state index contributed by atoms with van der Waals surface area (Å²) in [6, 6.07) is 9.14. The summed E-state index contributed by atoms with van der Waals surface area (Å²) in [6.45, 7) is 0. The van der Waals surface area contributed by atoms with Crippen LogP contribution in [0.3, 0.4) is 0 Å². The molecule has 0 bridgehead atoms. The van der Waals surface area contributed by atoms with Crippen LogP contribution < -0.4 is 5.73 Å². The number of hydrogen-bond acceptors (Lipinski definition) is 2. The third-order valence-corrected chi connectivity index (χ3v) is 3.08. The first kappa shape index (κ1) is 11.3. The number of Topliss-reactive ketones (excluding diaryl/α,β-unsaturated/α-hetero) is 1. The first-order chi connectivity index (χ1) is 7.62. The first-order valence-corrected chi connectivity index (χ1v) is 5.85. The van der Waals surface area contributed by atoms with Crippen LogP contribution in [0.5, 0.6) is 0 Å². The summed E-state index contributed by atoms with van der Waals surface area (Å²) in [5, 5.41) is 0.